The summed E-state index contributed by atoms with van der Waals surface area (Å²) in [4.78, 5) is 8.74. The van der Waals surface area contributed by atoms with Gasteiger partial charge in [0.05, 0.1) is 4.47 Å². The molecule has 2 rings (SSSR count). The van der Waals surface area contributed by atoms with Gasteiger partial charge in [-0.15, -0.1) is 0 Å². The first-order chi connectivity index (χ1) is 8.10. The maximum absolute atomic E-state index is 5.51. The number of hydrogen-bond donors (Lipinski definition) is 1. The number of furan rings is 1. The molecule has 0 spiro atoms. The van der Waals surface area contributed by atoms with Crippen LogP contribution in [0.2, 0.25) is 0 Å². The van der Waals surface area contributed by atoms with E-state index < -0.39 is 0 Å². The van der Waals surface area contributed by atoms with E-state index in [4.69, 9.17) is 4.42 Å². The summed E-state index contributed by atoms with van der Waals surface area (Å²) in [6.07, 6.45) is 0. The highest BCUT2D eigenvalue weighted by Crippen LogP contribution is 2.31. The summed E-state index contributed by atoms with van der Waals surface area (Å²) < 4.78 is 7.00. The van der Waals surface area contributed by atoms with Crippen LogP contribution < -0.4 is 5.32 Å². The van der Waals surface area contributed by atoms with Gasteiger partial charge >= 0.3 is 0 Å². The van der Waals surface area contributed by atoms with E-state index in [1.165, 1.54) is 0 Å². The lowest BCUT2D eigenvalue weighted by molar-refractivity contribution is 0.549. The van der Waals surface area contributed by atoms with Gasteiger partial charge in [0.1, 0.15) is 5.82 Å². The molecule has 0 fully saturated rings. The van der Waals surface area contributed by atoms with Gasteiger partial charge in [-0.05, 0) is 45.7 Å². The molecular weight excluding hydrogens is 350 g/mol. The number of rotatable bonds is 3. The normalized spacial score (nSPS) is 10.6. The topological polar surface area (TPSA) is 51.0 Å². The second-order valence-electron chi connectivity index (χ2n) is 3.48. The fourth-order valence-electron chi connectivity index (χ4n) is 1.41. The first-order valence-electron chi connectivity index (χ1n) is 5.15. The number of nitrogens with one attached hydrogen (secondary N) is 1. The maximum Gasteiger partial charge on any atom is 0.197 e. The third kappa shape index (κ3) is 2.87. The number of aromatic nitrogens is 2. The highest BCUT2D eigenvalue weighted by molar-refractivity contribution is 9.13. The Hall–Kier alpha value is -0.880. The molecular formula is C11H11Br2N3O. The Bertz CT molecular complexity index is 520. The fourth-order valence-corrected chi connectivity index (χ4v) is 1.98. The summed E-state index contributed by atoms with van der Waals surface area (Å²) in [5.41, 5.74) is 0.898. The molecule has 4 nitrogen and oxygen atoms in total. The van der Waals surface area contributed by atoms with Crippen LogP contribution in [-0.4, -0.2) is 16.5 Å². The van der Waals surface area contributed by atoms with E-state index in [0.29, 0.717) is 16.3 Å². The van der Waals surface area contributed by atoms with Crippen molar-refractivity contribution in [1.82, 2.24) is 9.97 Å². The Morgan fingerprint density at radius 3 is 2.65 bits per heavy atom. The van der Waals surface area contributed by atoms with Crippen molar-refractivity contribution in [2.75, 3.05) is 11.9 Å². The molecule has 0 amide bonds. The molecule has 17 heavy (non-hydrogen) atoms. The molecule has 0 atom stereocenters. The minimum absolute atomic E-state index is 0.576. The van der Waals surface area contributed by atoms with E-state index >= 15 is 0 Å². The van der Waals surface area contributed by atoms with E-state index in [9.17, 15) is 0 Å². The van der Waals surface area contributed by atoms with Crippen molar-refractivity contribution < 1.29 is 4.42 Å². The van der Waals surface area contributed by atoms with Crippen molar-refractivity contribution in [3.63, 3.8) is 0 Å². The summed E-state index contributed by atoms with van der Waals surface area (Å²) in [6, 6.07) is 3.74. The van der Waals surface area contributed by atoms with Gasteiger partial charge in [0, 0.05) is 24.4 Å². The molecule has 1 N–H and O–H groups in total. The van der Waals surface area contributed by atoms with Gasteiger partial charge in [-0.25, -0.2) is 9.97 Å². The van der Waals surface area contributed by atoms with Gasteiger partial charge in [0.25, 0.3) is 0 Å². The van der Waals surface area contributed by atoms with Gasteiger partial charge in [0.15, 0.2) is 16.3 Å². The number of nitrogens with zero attached hydrogens (tertiary/aromatic N) is 2. The summed E-state index contributed by atoms with van der Waals surface area (Å²) in [7, 11) is 0. The standard InChI is InChI=1S/C11H11Br2N3O/c1-3-14-9-4-6(2)15-11(16-9)8-5-7(12)10(13)17-8/h4-5H,3H2,1-2H3,(H,14,15,16). The number of halogens is 2. The Labute approximate surface area is 116 Å². The van der Waals surface area contributed by atoms with Crippen LogP contribution in [0, 0.1) is 6.92 Å². The molecule has 0 radical (unpaired) electrons. The zero-order chi connectivity index (χ0) is 12.4. The van der Waals surface area contributed by atoms with Crippen molar-refractivity contribution in [3.8, 4) is 11.6 Å². The monoisotopic (exact) mass is 359 g/mol. The lowest BCUT2D eigenvalue weighted by Gasteiger charge is -2.04. The van der Waals surface area contributed by atoms with Crippen molar-refractivity contribution >= 4 is 37.7 Å². The zero-order valence-corrected chi connectivity index (χ0v) is 12.6. The number of hydrogen-bond acceptors (Lipinski definition) is 4. The summed E-state index contributed by atoms with van der Waals surface area (Å²) in [5.74, 6) is 2.01. The quantitative estimate of drug-likeness (QED) is 0.898. The van der Waals surface area contributed by atoms with Crippen LogP contribution in [0.25, 0.3) is 11.6 Å². The summed E-state index contributed by atoms with van der Waals surface area (Å²) >= 11 is 6.67. The van der Waals surface area contributed by atoms with Crippen LogP contribution in [0.3, 0.4) is 0 Å². The summed E-state index contributed by atoms with van der Waals surface area (Å²) in [5, 5.41) is 3.16. The van der Waals surface area contributed by atoms with E-state index in [0.717, 1.165) is 22.5 Å². The van der Waals surface area contributed by atoms with E-state index in [1.54, 1.807) is 0 Å². The Morgan fingerprint density at radius 2 is 2.06 bits per heavy atom. The van der Waals surface area contributed by atoms with Crippen LogP contribution >= 0.6 is 31.9 Å². The average molecular weight is 361 g/mol. The lowest BCUT2D eigenvalue weighted by atomic mass is 10.3. The highest BCUT2D eigenvalue weighted by atomic mass is 79.9. The molecule has 2 heterocycles. The molecule has 0 saturated carbocycles. The smallest absolute Gasteiger partial charge is 0.197 e. The third-order valence-electron chi connectivity index (χ3n) is 2.08. The molecule has 2 aromatic rings. The second-order valence-corrected chi connectivity index (χ2v) is 5.06. The zero-order valence-electron chi connectivity index (χ0n) is 9.42. The molecule has 0 aliphatic heterocycles. The fraction of sp³-hybridized carbons (Fsp3) is 0.273. The van der Waals surface area contributed by atoms with Gasteiger partial charge in [-0.3, -0.25) is 0 Å². The first kappa shape index (κ1) is 12.6. The molecule has 0 aliphatic rings. The van der Waals surface area contributed by atoms with E-state index in [1.807, 2.05) is 26.0 Å². The van der Waals surface area contributed by atoms with Gasteiger partial charge in [-0.1, -0.05) is 0 Å². The first-order valence-corrected chi connectivity index (χ1v) is 6.73. The minimum Gasteiger partial charge on any atom is -0.445 e. The predicted octanol–water partition coefficient (Wildman–Crippen LogP) is 4.00. The van der Waals surface area contributed by atoms with Crippen molar-refractivity contribution in [2.24, 2.45) is 0 Å². The molecule has 6 heteroatoms. The molecule has 2 aromatic heterocycles. The largest absolute Gasteiger partial charge is 0.445 e. The molecule has 0 unspecified atom stereocenters. The highest BCUT2D eigenvalue weighted by Gasteiger charge is 2.12. The summed E-state index contributed by atoms with van der Waals surface area (Å²) in [6.45, 7) is 4.78. The Kier molecular flexibility index (Phi) is 3.83. The van der Waals surface area contributed by atoms with Crippen LogP contribution in [0.5, 0.6) is 0 Å². The Morgan fingerprint density at radius 1 is 1.29 bits per heavy atom. The lowest BCUT2D eigenvalue weighted by Crippen LogP contribution is -2.02. The van der Waals surface area contributed by atoms with Crippen LogP contribution in [-0.2, 0) is 0 Å². The third-order valence-corrected chi connectivity index (χ3v) is 3.79. The van der Waals surface area contributed by atoms with Crippen LogP contribution in [0.4, 0.5) is 5.82 Å². The molecule has 0 bridgehead atoms. The average Bonchev–Trinajstić information content (AvgIpc) is 2.59. The Balaban J connectivity index is 2.44. The SMILES string of the molecule is CCNc1cc(C)nc(-c2cc(Br)c(Br)o2)n1. The molecule has 0 aromatic carbocycles. The van der Waals surface area contributed by atoms with Crippen molar-refractivity contribution in [1.29, 1.82) is 0 Å². The van der Waals surface area contributed by atoms with E-state index in [2.05, 4.69) is 47.1 Å². The van der Waals surface area contributed by atoms with E-state index in [-0.39, 0.29) is 0 Å². The predicted molar refractivity (Wildman–Crippen MR) is 74.0 cm³/mol. The van der Waals surface area contributed by atoms with Gasteiger partial charge < -0.3 is 9.73 Å². The van der Waals surface area contributed by atoms with Crippen molar-refractivity contribution in [2.45, 2.75) is 13.8 Å². The van der Waals surface area contributed by atoms with Crippen LogP contribution in [0.15, 0.2) is 25.7 Å². The number of anilines is 1. The second kappa shape index (κ2) is 5.18. The van der Waals surface area contributed by atoms with Gasteiger partial charge in [-0.2, -0.15) is 0 Å². The van der Waals surface area contributed by atoms with Crippen LogP contribution in [0.1, 0.15) is 12.6 Å². The maximum atomic E-state index is 5.51. The number of aryl methyl sites for hydroxylation is 1. The molecule has 0 aliphatic carbocycles. The minimum atomic E-state index is 0.576. The molecule has 0 saturated heterocycles. The van der Waals surface area contributed by atoms with Crippen molar-refractivity contribution in [3.05, 3.63) is 27.0 Å². The van der Waals surface area contributed by atoms with Gasteiger partial charge in [0.2, 0.25) is 0 Å². The molecule has 90 valence electrons.